The van der Waals surface area contributed by atoms with E-state index in [1.807, 2.05) is 36.4 Å². The van der Waals surface area contributed by atoms with Crippen LogP contribution in [0.5, 0.6) is 0 Å². The number of aryl methyl sites for hydroxylation is 1. The summed E-state index contributed by atoms with van der Waals surface area (Å²) in [5, 5.41) is 27.2. The molecular weight excluding hydrogens is 492 g/mol. The zero-order chi connectivity index (χ0) is 25.9. The number of piperidine rings is 1. The van der Waals surface area contributed by atoms with Crippen LogP contribution in [0.2, 0.25) is 0 Å². The molecule has 0 radical (unpaired) electrons. The van der Waals surface area contributed by atoms with Crippen molar-refractivity contribution < 1.29 is 14.1 Å². The molecule has 0 bridgehead atoms. The molecule has 0 spiro atoms. The van der Waals surface area contributed by atoms with Crippen molar-refractivity contribution in [3.63, 3.8) is 0 Å². The Morgan fingerprint density at radius 1 is 1.16 bits per heavy atom. The average molecular weight is 513 g/mol. The first-order chi connectivity index (χ1) is 18.0. The lowest BCUT2D eigenvalue weighted by Gasteiger charge is -2.31. The summed E-state index contributed by atoms with van der Waals surface area (Å²) in [6, 6.07) is 13.1. The van der Waals surface area contributed by atoms with Crippen molar-refractivity contribution in [1.29, 1.82) is 10.5 Å². The fourth-order valence-corrected chi connectivity index (χ4v) is 5.22. The standard InChI is InChI=1S/C25H20N8O3S/c1-14-20(21(32-36-14)15-5-3-2-4-6-15)24(35)33-9-7-16(8-10-33)23-28-19(13-37-23)22(34)31-25-29-17(11-26)18(12-27)30-25/h2-6,13,16H,7-10H2,1H3,(H2,29,30,31,34). The van der Waals surface area contributed by atoms with E-state index in [0.717, 1.165) is 10.6 Å². The highest BCUT2D eigenvalue weighted by Crippen LogP contribution is 2.33. The molecule has 1 aliphatic heterocycles. The second-order valence-corrected chi connectivity index (χ2v) is 9.34. The number of hydrogen-bond acceptors (Lipinski definition) is 9. The van der Waals surface area contributed by atoms with Gasteiger partial charge in [-0.15, -0.1) is 11.3 Å². The number of nitrogens with zero attached hydrogens (tertiary/aromatic N) is 6. The van der Waals surface area contributed by atoms with Crippen molar-refractivity contribution in [1.82, 2.24) is 25.0 Å². The molecule has 4 aromatic rings. The fraction of sp³-hybridized carbons (Fsp3) is 0.240. The number of carbonyl (C=O) groups excluding carboxylic acids is 2. The number of anilines is 1. The van der Waals surface area contributed by atoms with Crippen molar-refractivity contribution in [3.05, 3.63) is 69.1 Å². The number of rotatable bonds is 5. The van der Waals surface area contributed by atoms with Crippen LogP contribution in [0, 0.1) is 29.6 Å². The Morgan fingerprint density at radius 2 is 1.92 bits per heavy atom. The van der Waals surface area contributed by atoms with Gasteiger partial charge >= 0.3 is 0 Å². The molecular formula is C25H20N8O3S. The maximum absolute atomic E-state index is 13.4. The van der Waals surface area contributed by atoms with E-state index in [4.69, 9.17) is 15.0 Å². The first kappa shape index (κ1) is 23.9. The molecule has 12 heteroatoms. The molecule has 4 heterocycles. The summed E-state index contributed by atoms with van der Waals surface area (Å²) >= 11 is 1.39. The number of nitriles is 2. The van der Waals surface area contributed by atoms with Crippen molar-refractivity contribution in [2.75, 3.05) is 18.4 Å². The minimum absolute atomic E-state index is 0.0124. The summed E-state index contributed by atoms with van der Waals surface area (Å²) < 4.78 is 5.36. The molecule has 2 N–H and O–H groups in total. The highest BCUT2D eigenvalue weighted by molar-refractivity contribution is 7.10. The molecule has 2 amide bonds. The molecule has 1 fully saturated rings. The van der Waals surface area contributed by atoms with Crippen LogP contribution < -0.4 is 5.32 Å². The molecule has 1 aliphatic rings. The quantitative estimate of drug-likeness (QED) is 0.407. The number of aromatic nitrogens is 4. The smallest absolute Gasteiger partial charge is 0.277 e. The Balaban J connectivity index is 1.23. The van der Waals surface area contributed by atoms with E-state index in [2.05, 4.69) is 25.4 Å². The lowest BCUT2D eigenvalue weighted by Crippen LogP contribution is -2.38. The van der Waals surface area contributed by atoms with Crippen molar-refractivity contribution in [2.45, 2.75) is 25.7 Å². The van der Waals surface area contributed by atoms with Gasteiger partial charge in [-0.1, -0.05) is 35.5 Å². The van der Waals surface area contributed by atoms with Gasteiger partial charge in [-0.25, -0.2) is 9.97 Å². The summed E-state index contributed by atoms with van der Waals surface area (Å²) in [7, 11) is 0. The van der Waals surface area contributed by atoms with Gasteiger partial charge in [-0.2, -0.15) is 10.5 Å². The summed E-state index contributed by atoms with van der Waals surface area (Å²) in [6.45, 7) is 2.83. The molecule has 1 aromatic carbocycles. The van der Waals surface area contributed by atoms with Crippen LogP contribution in [0.4, 0.5) is 5.95 Å². The lowest BCUT2D eigenvalue weighted by molar-refractivity contribution is 0.0711. The highest BCUT2D eigenvalue weighted by Gasteiger charge is 2.31. The molecule has 0 unspecified atom stereocenters. The van der Waals surface area contributed by atoms with Gasteiger partial charge in [0.1, 0.15) is 34.8 Å². The minimum atomic E-state index is -0.491. The Bertz CT molecular complexity index is 1520. The molecule has 1 saturated heterocycles. The summed E-state index contributed by atoms with van der Waals surface area (Å²) in [5.41, 5.74) is 1.97. The minimum Gasteiger partial charge on any atom is -0.360 e. The van der Waals surface area contributed by atoms with Gasteiger partial charge in [0, 0.05) is 30.0 Å². The van der Waals surface area contributed by atoms with E-state index in [-0.39, 0.29) is 34.9 Å². The third-order valence-electron chi connectivity index (χ3n) is 6.16. The topological polar surface area (TPSA) is 165 Å². The number of benzene rings is 1. The van der Waals surface area contributed by atoms with Crippen LogP contribution in [0.1, 0.15) is 61.8 Å². The van der Waals surface area contributed by atoms with Crippen molar-refractivity contribution in [3.8, 4) is 23.4 Å². The summed E-state index contributed by atoms with van der Waals surface area (Å²) in [6.07, 6.45) is 1.42. The number of carbonyl (C=O) groups is 2. The normalized spacial score (nSPS) is 13.6. The predicted octanol–water partition coefficient (Wildman–Crippen LogP) is 3.85. The number of thiazole rings is 1. The Labute approximate surface area is 215 Å². The molecule has 3 aromatic heterocycles. The van der Waals surface area contributed by atoms with Gasteiger partial charge in [0.05, 0.1) is 5.01 Å². The zero-order valence-corrected chi connectivity index (χ0v) is 20.5. The van der Waals surface area contributed by atoms with Gasteiger partial charge in [-0.05, 0) is 19.8 Å². The van der Waals surface area contributed by atoms with Gasteiger partial charge in [0.25, 0.3) is 11.8 Å². The van der Waals surface area contributed by atoms with E-state index in [1.54, 1.807) is 23.3 Å². The number of amides is 2. The SMILES string of the molecule is Cc1onc(-c2ccccc2)c1C(=O)N1CCC(c2nc(C(=O)Nc3nc(C#N)c(C#N)[nH]3)cs2)CC1. The van der Waals surface area contributed by atoms with E-state index < -0.39 is 5.91 Å². The van der Waals surface area contributed by atoms with Crippen LogP contribution in [-0.4, -0.2) is 49.9 Å². The number of hydrogen-bond donors (Lipinski definition) is 2. The van der Waals surface area contributed by atoms with Gasteiger partial charge in [0.2, 0.25) is 5.95 Å². The van der Waals surface area contributed by atoms with Gasteiger partial charge in [0.15, 0.2) is 11.4 Å². The first-order valence-corrected chi connectivity index (χ1v) is 12.3. The van der Waals surface area contributed by atoms with Crippen LogP contribution in [0.25, 0.3) is 11.3 Å². The second-order valence-electron chi connectivity index (χ2n) is 8.45. The average Bonchev–Trinajstić information content (AvgIpc) is 3.67. The highest BCUT2D eigenvalue weighted by atomic mass is 32.1. The van der Waals surface area contributed by atoms with E-state index in [9.17, 15) is 9.59 Å². The number of nitrogens with one attached hydrogen (secondary N) is 2. The number of imidazole rings is 1. The number of aromatic amines is 1. The van der Waals surface area contributed by atoms with Crippen molar-refractivity contribution in [2.24, 2.45) is 0 Å². The fourth-order valence-electron chi connectivity index (χ4n) is 4.25. The third kappa shape index (κ3) is 4.70. The van der Waals surface area contributed by atoms with Crippen LogP contribution in [0.15, 0.2) is 40.2 Å². The number of H-pyrrole nitrogens is 1. The predicted molar refractivity (Wildman–Crippen MR) is 133 cm³/mol. The van der Waals surface area contributed by atoms with E-state index in [0.29, 0.717) is 42.9 Å². The second kappa shape index (κ2) is 10.0. The maximum Gasteiger partial charge on any atom is 0.277 e. The molecule has 0 atom stereocenters. The Hall–Kier alpha value is -4.81. The lowest BCUT2D eigenvalue weighted by atomic mass is 9.96. The first-order valence-electron chi connectivity index (χ1n) is 11.5. The molecule has 5 rings (SSSR count). The Kier molecular flexibility index (Phi) is 6.49. The van der Waals surface area contributed by atoms with Crippen LogP contribution in [-0.2, 0) is 0 Å². The van der Waals surface area contributed by atoms with E-state index in [1.165, 1.54) is 11.3 Å². The third-order valence-corrected chi connectivity index (χ3v) is 7.17. The molecule has 0 saturated carbocycles. The van der Waals surface area contributed by atoms with E-state index >= 15 is 0 Å². The Morgan fingerprint density at radius 3 is 2.59 bits per heavy atom. The monoisotopic (exact) mass is 512 g/mol. The van der Waals surface area contributed by atoms with Gasteiger partial charge in [-0.3, -0.25) is 14.9 Å². The number of likely N-dealkylation sites (tertiary alicyclic amines) is 1. The van der Waals surface area contributed by atoms with Gasteiger partial charge < -0.3 is 14.4 Å². The molecule has 184 valence electrons. The van der Waals surface area contributed by atoms with Crippen molar-refractivity contribution >= 4 is 29.1 Å². The molecule has 0 aliphatic carbocycles. The maximum atomic E-state index is 13.4. The largest absolute Gasteiger partial charge is 0.360 e. The molecule has 11 nitrogen and oxygen atoms in total. The van der Waals surface area contributed by atoms with Crippen LogP contribution in [0.3, 0.4) is 0 Å². The molecule has 37 heavy (non-hydrogen) atoms. The summed E-state index contributed by atoms with van der Waals surface area (Å²) in [4.78, 5) is 38.8. The summed E-state index contributed by atoms with van der Waals surface area (Å²) in [5.74, 6) is 0.0171. The zero-order valence-electron chi connectivity index (χ0n) is 19.7. The van der Waals surface area contributed by atoms with Crippen LogP contribution >= 0.6 is 11.3 Å².